The van der Waals surface area contributed by atoms with Crippen LogP contribution < -0.4 is 10.2 Å². The van der Waals surface area contributed by atoms with Gasteiger partial charge < -0.3 is 19.7 Å². The number of carbonyl (C=O) groups excluding carboxylic acids is 3. The molecular weight excluding hydrogens is 522 g/mol. The lowest BCUT2D eigenvalue weighted by atomic mass is 9.92. The number of fused-ring (bicyclic) bond motifs is 2. The fourth-order valence-corrected chi connectivity index (χ4v) is 5.29. The maximum atomic E-state index is 13.6. The number of ether oxygens (including phenoxy) is 2. The number of hydrogen-bond acceptors (Lipinski definition) is 8. The van der Waals surface area contributed by atoms with Crippen molar-refractivity contribution in [3.05, 3.63) is 77.0 Å². The molecule has 5 rings (SSSR count). The van der Waals surface area contributed by atoms with E-state index in [1.54, 1.807) is 70.4 Å². The number of anilines is 2. The average molecular weight is 556 g/mol. The number of allylic oxidation sites excluding steroid dienone is 2. The van der Waals surface area contributed by atoms with Crippen LogP contribution in [-0.2, 0) is 25.5 Å². The number of benzene rings is 1. The Bertz CT molecular complexity index is 1640. The van der Waals surface area contributed by atoms with Gasteiger partial charge in [-0.25, -0.2) is 19.1 Å². The molecule has 212 valence electrons. The molecule has 0 saturated carbocycles. The first-order valence-corrected chi connectivity index (χ1v) is 13.6. The van der Waals surface area contributed by atoms with Gasteiger partial charge >= 0.3 is 6.09 Å². The maximum absolute atomic E-state index is 13.6. The van der Waals surface area contributed by atoms with E-state index in [0.717, 1.165) is 30.5 Å². The Hall–Kier alpha value is -4.53. The summed E-state index contributed by atoms with van der Waals surface area (Å²) in [6, 6.07) is 7.16. The SMILES string of the molecule is COC1C(=C=O)C(N2CCCCc3ccncc32)=CC=C1C(=O)Nc1cccc2c1nc(C)n2C(=O)OC(C)(C)C. The second kappa shape index (κ2) is 11.2. The molecule has 0 bridgehead atoms. The molecule has 3 aromatic rings. The summed E-state index contributed by atoms with van der Waals surface area (Å²) >= 11 is 0. The first-order valence-electron chi connectivity index (χ1n) is 13.6. The van der Waals surface area contributed by atoms with E-state index in [1.165, 1.54) is 11.7 Å². The average Bonchev–Trinajstić information content (AvgIpc) is 3.13. The number of aryl methyl sites for hydroxylation is 2. The summed E-state index contributed by atoms with van der Waals surface area (Å²) in [4.78, 5) is 49.7. The van der Waals surface area contributed by atoms with Crippen molar-refractivity contribution in [1.29, 1.82) is 0 Å². The van der Waals surface area contributed by atoms with Crippen LogP contribution in [0.2, 0.25) is 0 Å². The van der Waals surface area contributed by atoms with Crippen LogP contribution in [0.4, 0.5) is 16.2 Å². The molecule has 1 aliphatic carbocycles. The number of aromatic nitrogens is 3. The minimum atomic E-state index is -0.934. The zero-order valence-corrected chi connectivity index (χ0v) is 23.9. The third-order valence-corrected chi connectivity index (χ3v) is 7.07. The van der Waals surface area contributed by atoms with Crippen LogP contribution in [0.15, 0.2) is 65.7 Å². The molecule has 0 saturated heterocycles. The number of pyridine rings is 1. The number of carbonyl (C=O) groups is 2. The van der Waals surface area contributed by atoms with E-state index < -0.39 is 23.7 Å². The lowest BCUT2D eigenvalue weighted by Gasteiger charge is -2.32. The minimum Gasteiger partial charge on any atom is -0.443 e. The number of imidazole rings is 1. The minimum absolute atomic E-state index is 0.236. The molecule has 2 aliphatic rings. The molecule has 1 unspecified atom stereocenters. The lowest BCUT2D eigenvalue weighted by molar-refractivity contribution is -0.113. The van der Waals surface area contributed by atoms with E-state index in [-0.39, 0.29) is 11.1 Å². The predicted octanol–water partition coefficient (Wildman–Crippen LogP) is 4.90. The largest absolute Gasteiger partial charge is 0.443 e. The van der Waals surface area contributed by atoms with Crippen LogP contribution >= 0.6 is 0 Å². The standard InChI is InChI=1S/C31H33N5O5/c1-19-33-27-23(10-8-11-25(27)36(19)30(39)41-31(2,3)4)34-29(38)21-12-13-24(22(18-37)28(21)40-5)35-16-7-6-9-20-14-15-32-17-26(20)35/h8,10-15,17,28H,6-7,9,16H2,1-5H3,(H,34,38). The lowest BCUT2D eigenvalue weighted by Crippen LogP contribution is -2.35. The number of rotatable bonds is 4. The monoisotopic (exact) mass is 555 g/mol. The molecule has 10 nitrogen and oxygen atoms in total. The molecule has 1 atom stereocenters. The molecule has 1 amide bonds. The van der Waals surface area contributed by atoms with Crippen molar-refractivity contribution in [1.82, 2.24) is 14.5 Å². The Kier molecular flexibility index (Phi) is 7.62. The molecule has 1 aromatic carbocycles. The summed E-state index contributed by atoms with van der Waals surface area (Å²) in [7, 11) is 1.45. The fourth-order valence-electron chi connectivity index (χ4n) is 5.29. The van der Waals surface area contributed by atoms with E-state index in [1.807, 2.05) is 12.0 Å². The Morgan fingerprint density at radius 1 is 1.15 bits per heavy atom. The molecular formula is C31H33N5O5. The third-order valence-electron chi connectivity index (χ3n) is 7.07. The maximum Gasteiger partial charge on any atom is 0.420 e. The smallest absolute Gasteiger partial charge is 0.420 e. The zero-order valence-electron chi connectivity index (χ0n) is 23.9. The molecule has 41 heavy (non-hydrogen) atoms. The molecule has 1 N–H and O–H groups in total. The highest BCUT2D eigenvalue weighted by atomic mass is 16.6. The van der Waals surface area contributed by atoms with Gasteiger partial charge in [0.05, 0.1) is 39.9 Å². The van der Waals surface area contributed by atoms with E-state index in [2.05, 4.69) is 20.2 Å². The normalized spacial score (nSPS) is 17.2. The first-order chi connectivity index (χ1) is 19.6. The van der Waals surface area contributed by atoms with Crippen molar-refractivity contribution in [2.45, 2.75) is 58.7 Å². The third kappa shape index (κ3) is 5.44. The molecule has 2 aromatic heterocycles. The second-order valence-electron chi connectivity index (χ2n) is 11.0. The first kappa shape index (κ1) is 28.0. The highest BCUT2D eigenvalue weighted by molar-refractivity contribution is 6.10. The molecule has 1 aliphatic heterocycles. The quantitative estimate of drug-likeness (QED) is 0.452. The van der Waals surface area contributed by atoms with Crippen LogP contribution in [0.1, 0.15) is 45.0 Å². The van der Waals surface area contributed by atoms with E-state index in [9.17, 15) is 14.4 Å². The molecule has 3 heterocycles. The number of amides is 1. The van der Waals surface area contributed by atoms with Crippen LogP contribution in [0.5, 0.6) is 0 Å². The van der Waals surface area contributed by atoms with E-state index >= 15 is 0 Å². The highest BCUT2D eigenvalue weighted by Gasteiger charge is 2.34. The second-order valence-corrected chi connectivity index (χ2v) is 11.0. The van der Waals surface area contributed by atoms with Gasteiger partial charge in [0.2, 0.25) is 0 Å². The summed E-state index contributed by atoms with van der Waals surface area (Å²) in [6.07, 6.45) is 8.39. The van der Waals surface area contributed by atoms with Crippen molar-refractivity contribution in [2.75, 3.05) is 23.9 Å². The Balaban J connectivity index is 1.49. The summed E-state index contributed by atoms with van der Waals surface area (Å²) in [5, 5.41) is 2.90. The molecule has 10 heteroatoms. The topological polar surface area (TPSA) is 116 Å². The van der Waals surface area contributed by atoms with Gasteiger partial charge in [-0.3, -0.25) is 9.78 Å². The summed E-state index contributed by atoms with van der Waals surface area (Å²) < 4.78 is 12.6. The van der Waals surface area contributed by atoms with Crippen molar-refractivity contribution in [3.8, 4) is 0 Å². The van der Waals surface area contributed by atoms with Gasteiger partial charge in [0.25, 0.3) is 5.91 Å². The number of hydrogen-bond donors (Lipinski definition) is 1. The van der Waals surface area contributed by atoms with Crippen LogP contribution in [0, 0.1) is 6.92 Å². The molecule has 0 radical (unpaired) electrons. The predicted molar refractivity (Wildman–Crippen MR) is 155 cm³/mol. The zero-order chi connectivity index (χ0) is 29.3. The van der Waals surface area contributed by atoms with E-state index in [4.69, 9.17) is 9.47 Å². The van der Waals surface area contributed by atoms with Gasteiger partial charge in [0.1, 0.15) is 29.0 Å². The Morgan fingerprint density at radius 3 is 2.68 bits per heavy atom. The summed E-state index contributed by atoms with van der Waals surface area (Å²) in [5.41, 5.74) is 3.86. The summed E-state index contributed by atoms with van der Waals surface area (Å²) in [5.74, 6) is 2.01. The van der Waals surface area contributed by atoms with Gasteiger partial charge in [-0.15, -0.1) is 0 Å². The van der Waals surface area contributed by atoms with Crippen molar-refractivity contribution in [2.24, 2.45) is 0 Å². The van der Waals surface area contributed by atoms with E-state index in [0.29, 0.717) is 34.8 Å². The van der Waals surface area contributed by atoms with Crippen molar-refractivity contribution in [3.63, 3.8) is 0 Å². The molecule has 0 spiro atoms. The number of nitrogens with one attached hydrogen (secondary N) is 1. The van der Waals surface area contributed by atoms with Crippen LogP contribution in [0.25, 0.3) is 11.0 Å². The van der Waals surface area contributed by atoms with Crippen molar-refractivity contribution >= 4 is 40.3 Å². The number of methoxy groups -OCH3 is 1. The van der Waals surface area contributed by atoms with Gasteiger partial charge in [0, 0.05) is 19.9 Å². The summed E-state index contributed by atoms with van der Waals surface area (Å²) in [6.45, 7) is 7.77. The van der Waals surface area contributed by atoms with Crippen LogP contribution in [0.3, 0.4) is 0 Å². The number of nitrogens with zero attached hydrogens (tertiary/aromatic N) is 4. The fraction of sp³-hybridized carbons (Fsp3) is 0.355. The highest BCUT2D eigenvalue weighted by Crippen LogP contribution is 2.35. The van der Waals surface area contributed by atoms with Crippen LogP contribution in [-0.4, -0.2) is 57.8 Å². The Morgan fingerprint density at radius 2 is 1.95 bits per heavy atom. The molecule has 0 fully saturated rings. The van der Waals surface area contributed by atoms with Gasteiger partial charge in [-0.2, -0.15) is 0 Å². The van der Waals surface area contributed by atoms with Gasteiger partial charge in [0.15, 0.2) is 0 Å². The number of para-hydroxylation sites is 1. The van der Waals surface area contributed by atoms with Gasteiger partial charge in [-0.05, 0) is 82.9 Å². The Labute approximate surface area is 238 Å². The van der Waals surface area contributed by atoms with Gasteiger partial charge in [-0.1, -0.05) is 6.07 Å². The van der Waals surface area contributed by atoms with Crippen molar-refractivity contribution < 1.29 is 23.9 Å².